The van der Waals surface area contributed by atoms with Gasteiger partial charge in [0.25, 0.3) is 0 Å². The molecule has 0 aliphatic carbocycles. The minimum Gasteiger partial charge on any atom is -0.484 e. The third kappa shape index (κ3) is 1.35. The topological polar surface area (TPSA) is 38.3 Å². The van der Waals surface area contributed by atoms with Crippen molar-refractivity contribution < 1.29 is 9.53 Å². The monoisotopic (exact) mass is 217 g/mol. The Morgan fingerprint density at radius 1 is 1.44 bits per heavy atom. The Kier molecular flexibility index (Phi) is 2.04. The Labute approximate surface area is 94.8 Å². The third-order valence-electron chi connectivity index (χ3n) is 3.52. The summed E-state index contributed by atoms with van der Waals surface area (Å²) >= 11 is 0. The smallest absolute Gasteiger partial charge is 0.170 e. The molecule has 1 aromatic carbocycles. The second-order valence-electron chi connectivity index (χ2n) is 4.76. The summed E-state index contributed by atoms with van der Waals surface area (Å²) in [5.41, 5.74) is 1.52. The molecule has 3 heteroatoms. The number of hydrogen-bond donors (Lipinski definition) is 1. The van der Waals surface area contributed by atoms with E-state index in [4.69, 9.17) is 4.74 Å². The molecule has 16 heavy (non-hydrogen) atoms. The van der Waals surface area contributed by atoms with Crippen LogP contribution < -0.4 is 10.1 Å². The molecule has 2 aliphatic rings. The van der Waals surface area contributed by atoms with Crippen molar-refractivity contribution in [2.24, 2.45) is 0 Å². The van der Waals surface area contributed by atoms with Crippen LogP contribution in [0.2, 0.25) is 0 Å². The highest BCUT2D eigenvalue weighted by molar-refractivity contribution is 6.00. The van der Waals surface area contributed by atoms with E-state index in [2.05, 4.69) is 5.32 Å². The Bertz CT molecular complexity index is 447. The molecule has 3 rings (SSSR count). The van der Waals surface area contributed by atoms with E-state index in [1.54, 1.807) is 0 Å². The maximum Gasteiger partial charge on any atom is 0.170 e. The number of benzene rings is 1. The molecular weight excluding hydrogens is 202 g/mol. The van der Waals surface area contributed by atoms with Crippen LogP contribution in [-0.4, -0.2) is 24.5 Å². The van der Waals surface area contributed by atoms with Gasteiger partial charge in [-0.05, 0) is 25.1 Å². The molecule has 1 aromatic rings. The fraction of sp³-hybridized carbons (Fsp3) is 0.462. The van der Waals surface area contributed by atoms with Gasteiger partial charge in [0.05, 0.1) is 12.0 Å². The first-order valence-corrected chi connectivity index (χ1v) is 5.73. The Morgan fingerprint density at radius 2 is 2.31 bits per heavy atom. The van der Waals surface area contributed by atoms with Crippen LogP contribution in [0.5, 0.6) is 5.75 Å². The molecule has 0 radical (unpaired) electrons. The number of para-hydroxylation sites is 1. The predicted molar refractivity (Wildman–Crippen MR) is 61.0 cm³/mol. The summed E-state index contributed by atoms with van der Waals surface area (Å²) in [6, 6.07) is 5.77. The standard InChI is InChI=1S/C13H15NO2/c1-9-3-2-4-10-11(15)7-13(16-12(9)10)5-6-14-8-13/h2-4,14H,5-8H2,1H3. The van der Waals surface area contributed by atoms with Gasteiger partial charge in [-0.15, -0.1) is 0 Å². The van der Waals surface area contributed by atoms with Gasteiger partial charge in [0.1, 0.15) is 11.4 Å². The predicted octanol–water partition coefficient (Wildman–Crippen LogP) is 1.69. The molecule has 84 valence electrons. The fourth-order valence-corrected chi connectivity index (χ4v) is 2.61. The minimum absolute atomic E-state index is 0.216. The number of nitrogens with one attached hydrogen (secondary N) is 1. The summed E-state index contributed by atoms with van der Waals surface area (Å²) < 4.78 is 6.10. The quantitative estimate of drug-likeness (QED) is 0.718. The summed E-state index contributed by atoms with van der Waals surface area (Å²) in [5, 5.41) is 3.28. The van der Waals surface area contributed by atoms with E-state index in [0.717, 1.165) is 36.4 Å². The summed E-state index contributed by atoms with van der Waals surface area (Å²) in [7, 11) is 0. The zero-order valence-corrected chi connectivity index (χ0v) is 9.38. The van der Waals surface area contributed by atoms with Crippen LogP contribution >= 0.6 is 0 Å². The molecule has 1 unspecified atom stereocenters. The number of Topliss-reactive ketones (excluding diaryl/α,β-unsaturated/α-hetero) is 1. The van der Waals surface area contributed by atoms with Gasteiger partial charge in [-0.3, -0.25) is 4.79 Å². The van der Waals surface area contributed by atoms with Gasteiger partial charge in [-0.1, -0.05) is 12.1 Å². The van der Waals surface area contributed by atoms with Gasteiger partial charge in [0.2, 0.25) is 0 Å². The average Bonchev–Trinajstić information content (AvgIpc) is 2.68. The van der Waals surface area contributed by atoms with Crippen molar-refractivity contribution >= 4 is 5.78 Å². The molecule has 2 aliphatic heterocycles. The summed E-state index contributed by atoms with van der Waals surface area (Å²) in [6.45, 7) is 3.72. The van der Waals surface area contributed by atoms with E-state index in [1.165, 1.54) is 0 Å². The molecular formula is C13H15NO2. The van der Waals surface area contributed by atoms with Gasteiger partial charge in [-0.2, -0.15) is 0 Å². The van der Waals surface area contributed by atoms with E-state index in [0.29, 0.717) is 6.42 Å². The van der Waals surface area contributed by atoms with Crippen LogP contribution in [-0.2, 0) is 0 Å². The number of carbonyl (C=O) groups is 1. The first-order chi connectivity index (χ1) is 7.70. The van der Waals surface area contributed by atoms with Gasteiger partial charge < -0.3 is 10.1 Å². The molecule has 1 spiro atoms. The lowest BCUT2D eigenvalue weighted by atomic mass is 9.88. The highest BCUT2D eigenvalue weighted by Gasteiger charge is 2.43. The van der Waals surface area contributed by atoms with Crippen LogP contribution in [0, 0.1) is 6.92 Å². The number of aryl methyl sites for hydroxylation is 1. The van der Waals surface area contributed by atoms with Crippen LogP contribution in [0.1, 0.15) is 28.8 Å². The molecule has 3 nitrogen and oxygen atoms in total. The van der Waals surface area contributed by atoms with Gasteiger partial charge in [-0.25, -0.2) is 0 Å². The summed E-state index contributed by atoms with van der Waals surface area (Å²) in [5.74, 6) is 1.01. The van der Waals surface area contributed by atoms with Crippen LogP contribution in [0.4, 0.5) is 0 Å². The fourth-order valence-electron chi connectivity index (χ4n) is 2.61. The van der Waals surface area contributed by atoms with Crippen molar-refractivity contribution in [1.82, 2.24) is 5.32 Å². The molecule has 1 N–H and O–H groups in total. The van der Waals surface area contributed by atoms with Crippen molar-refractivity contribution in [2.45, 2.75) is 25.4 Å². The van der Waals surface area contributed by atoms with E-state index < -0.39 is 0 Å². The molecule has 1 atom stereocenters. The normalized spacial score (nSPS) is 27.9. The molecule has 0 amide bonds. The molecule has 1 fully saturated rings. The van der Waals surface area contributed by atoms with Crippen LogP contribution in [0.15, 0.2) is 18.2 Å². The van der Waals surface area contributed by atoms with Crippen molar-refractivity contribution in [3.63, 3.8) is 0 Å². The van der Waals surface area contributed by atoms with E-state index in [1.807, 2.05) is 25.1 Å². The van der Waals surface area contributed by atoms with E-state index >= 15 is 0 Å². The zero-order valence-electron chi connectivity index (χ0n) is 9.38. The second kappa shape index (κ2) is 3.32. The molecule has 2 heterocycles. The third-order valence-corrected chi connectivity index (χ3v) is 3.52. The van der Waals surface area contributed by atoms with Crippen molar-refractivity contribution in [3.8, 4) is 5.75 Å². The Balaban J connectivity index is 2.07. The maximum atomic E-state index is 12.1. The number of fused-ring (bicyclic) bond motifs is 1. The van der Waals surface area contributed by atoms with Gasteiger partial charge in [0, 0.05) is 13.0 Å². The lowest BCUT2D eigenvalue weighted by molar-refractivity contribution is 0.0523. The van der Waals surface area contributed by atoms with Gasteiger partial charge >= 0.3 is 0 Å². The maximum absolute atomic E-state index is 12.1. The molecule has 0 aromatic heterocycles. The first-order valence-electron chi connectivity index (χ1n) is 5.73. The first kappa shape index (κ1) is 9.85. The number of ether oxygens (including phenoxy) is 1. The lowest BCUT2D eigenvalue weighted by Crippen LogP contribution is -2.44. The minimum atomic E-state index is -0.282. The van der Waals surface area contributed by atoms with Gasteiger partial charge in [0.15, 0.2) is 5.78 Å². The summed E-state index contributed by atoms with van der Waals surface area (Å²) in [4.78, 5) is 12.1. The molecule has 0 bridgehead atoms. The van der Waals surface area contributed by atoms with Crippen LogP contribution in [0.3, 0.4) is 0 Å². The Morgan fingerprint density at radius 3 is 3.06 bits per heavy atom. The lowest BCUT2D eigenvalue weighted by Gasteiger charge is -2.34. The average molecular weight is 217 g/mol. The molecule has 0 saturated carbocycles. The SMILES string of the molecule is Cc1cccc2c1OC1(CCNC1)CC2=O. The van der Waals surface area contributed by atoms with Crippen molar-refractivity contribution in [3.05, 3.63) is 29.3 Å². The zero-order chi connectivity index (χ0) is 11.2. The van der Waals surface area contributed by atoms with E-state index in [-0.39, 0.29) is 11.4 Å². The summed E-state index contributed by atoms with van der Waals surface area (Å²) in [6.07, 6.45) is 1.43. The molecule has 1 saturated heterocycles. The highest BCUT2D eigenvalue weighted by Crippen LogP contribution is 2.38. The van der Waals surface area contributed by atoms with E-state index in [9.17, 15) is 4.79 Å². The van der Waals surface area contributed by atoms with Crippen LogP contribution in [0.25, 0.3) is 0 Å². The second-order valence-corrected chi connectivity index (χ2v) is 4.76. The number of rotatable bonds is 0. The number of ketones is 1. The number of hydrogen-bond acceptors (Lipinski definition) is 3. The van der Waals surface area contributed by atoms with Crippen molar-refractivity contribution in [2.75, 3.05) is 13.1 Å². The van der Waals surface area contributed by atoms with Crippen molar-refractivity contribution in [1.29, 1.82) is 0 Å². The largest absolute Gasteiger partial charge is 0.484 e. The number of carbonyl (C=O) groups excluding carboxylic acids is 1. The Hall–Kier alpha value is -1.35. The highest BCUT2D eigenvalue weighted by atomic mass is 16.5.